The van der Waals surface area contributed by atoms with E-state index < -0.39 is 12.2 Å². The van der Waals surface area contributed by atoms with Crippen molar-refractivity contribution in [3.63, 3.8) is 0 Å². The fourth-order valence-corrected chi connectivity index (χ4v) is 4.49. The normalized spacial score (nSPS) is 11.2. The van der Waals surface area contributed by atoms with Gasteiger partial charge in [-0.2, -0.15) is 0 Å². The number of benzene rings is 1. The molecule has 0 spiro atoms. The van der Waals surface area contributed by atoms with Gasteiger partial charge in [0.2, 0.25) is 0 Å². The number of amides is 2. The monoisotopic (exact) mass is 562 g/mol. The van der Waals surface area contributed by atoms with E-state index in [-0.39, 0.29) is 0 Å². The van der Waals surface area contributed by atoms with E-state index in [9.17, 15) is 9.59 Å². The first-order valence-corrected chi connectivity index (χ1v) is 15.9. The van der Waals surface area contributed by atoms with Crippen LogP contribution in [0, 0.1) is 0 Å². The summed E-state index contributed by atoms with van der Waals surface area (Å²) in [5.41, 5.74) is 1.22. The van der Waals surface area contributed by atoms with Crippen LogP contribution < -0.4 is 10.6 Å². The molecule has 0 aromatic heterocycles. The molecule has 0 saturated carbocycles. The molecule has 0 aliphatic rings. The molecule has 0 heterocycles. The van der Waals surface area contributed by atoms with E-state index >= 15 is 0 Å². The Morgan fingerprint density at radius 1 is 0.525 bits per heavy atom. The molecule has 8 heteroatoms. The lowest BCUT2D eigenvalue weighted by molar-refractivity contribution is 0.137. The summed E-state index contributed by atoms with van der Waals surface area (Å²) in [6, 6.07) is 6.95. The first-order chi connectivity index (χ1) is 19.5. The van der Waals surface area contributed by atoms with Crippen LogP contribution in [0.1, 0.15) is 105 Å². The Morgan fingerprint density at radius 3 is 1.10 bits per heavy atom. The Bertz CT molecular complexity index is 677. The number of hydrogen-bond donors (Lipinski definition) is 2. The summed E-state index contributed by atoms with van der Waals surface area (Å²) in [6.07, 6.45) is 13.5. The highest BCUT2D eigenvalue weighted by atomic mass is 16.6. The maximum absolute atomic E-state index is 12.3. The molecule has 0 atom stereocenters. The van der Waals surface area contributed by atoms with Gasteiger partial charge in [-0.25, -0.2) is 9.59 Å². The lowest BCUT2D eigenvalue weighted by Crippen LogP contribution is -2.31. The van der Waals surface area contributed by atoms with Crippen LogP contribution in [-0.4, -0.2) is 74.5 Å². The topological polar surface area (TPSA) is 83.1 Å². The van der Waals surface area contributed by atoms with E-state index in [1.807, 2.05) is 0 Å². The number of nitrogens with zero attached hydrogens (tertiary/aromatic N) is 2. The van der Waals surface area contributed by atoms with Crippen LogP contribution in [0.3, 0.4) is 0 Å². The highest BCUT2D eigenvalue weighted by Gasteiger charge is 2.10. The molecule has 1 aromatic rings. The summed E-state index contributed by atoms with van der Waals surface area (Å²) in [4.78, 5) is 29.3. The summed E-state index contributed by atoms with van der Waals surface area (Å²) in [6.45, 7) is 15.3. The Morgan fingerprint density at radius 2 is 0.825 bits per heavy atom. The summed E-state index contributed by atoms with van der Waals surface area (Å²) in [5, 5.41) is 5.52. The second kappa shape index (κ2) is 24.5. The number of hydrogen-bond acceptors (Lipinski definition) is 6. The van der Waals surface area contributed by atoms with Crippen molar-refractivity contribution in [2.75, 3.05) is 63.1 Å². The third-order valence-electron chi connectivity index (χ3n) is 6.97. The Balaban J connectivity index is 2.36. The molecule has 230 valence electrons. The van der Waals surface area contributed by atoms with Gasteiger partial charge in [-0.1, -0.05) is 79.1 Å². The molecular weight excluding hydrogens is 504 g/mol. The van der Waals surface area contributed by atoms with E-state index in [0.717, 1.165) is 39.3 Å². The zero-order chi connectivity index (χ0) is 29.3. The van der Waals surface area contributed by atoms with E-state index in [0.29, 0.717) is 24.6 Å². The van der Waals surface area contributed by atoms with E-state index in [1.54, 1.807) is 24.3 Å². The van der Waals surface area contributed by atoms with E-state index in [2.05, 4.69) is 48.1 Å². The highest BCUT2D eigenvalue weighted by Crippen LogP contribution is 2.14. The molecule has 2 N–H and O–H groups in total. The summed E-state index contributed by atoms with van der Waals surface area (Å²) in [7, 11) is 0. The van der Waals surface area contributed by atoms with Crippen LogP contribution >= 0.6 is 0 Å². The minimum atomic E-state index is -0.468. The third kappa shape index (κ3) is 18.9. The van der Waals surface area contributed by atoms with Crippen LogP contribution in [0.25, 0.3) is 0 Å². The molecule has 0 radical (unpaired) electrons. The van der Waals surface area contributed by atoms with Crippen molar-refractivity contribution in [2.45, 2.75) is 105 Å². The summed E-state index contributed by atoms with van der Waals surface area (Å²) in [5.74, 6) is 0. The van der Waals surface area contributed by atoms with Crippen molar-refractivity contribution in [1.82, 2.24) is 9.80 Å². The van der Waals surface area contributed by atoms with Crippen molar-refractivity contribution >= 4 is 23.6 Å². The molecule has 1 aromatic carbocycles. The van der Waals surface area contributed by atoms with Crippen molar-refractivity contribution in [1.29, 1.82) is 0 Å². The van der Waals surface area contributed by atoms with Crippen molar-refractivity contribution in [3.8, 4) is 0 Å². The van der Waals surface area contributed by atoms with Crippen LogP contribution in [0.4, 0.5) is 21.0 Å². The van der Waals surface area contributed by atoms with Gasteiger partial charge in [-0.3, -0.25) is 20.4 Å². The lowest BCUT2D eigenvalue weighted by Gasteiger charge is -2.22. The van der Waals surface area contributed by atoms with Gasteiger partial charge in [-0.05, 0) is 76.1 Å². The van der Waals surface area contributed by atoms with Crippen LogP contribution in [0.5, 0.6) is 0 Å². The average molecular weight is 563 g/mol. The predicted octanol–water partition coefficient (Wildman–Crippen LogP) is 8.15. The molecule has 0 saturated heterocycles. The summed E-state index contributed by atoms with van der Waals surface area (Å²) < 4.78 is 10.8. The first-order valence-electron chi connectivity index (χ1n) is 15.9. The van der Waals surface area contributed by atoms with Crippen molar-refractivity contribution in [2.24, 2.45) is 0 Å². The van der Waals surface area contributed by atoms with Crippen LogP contribution in [0.15, 0.2) is 24.3 Å². The standard InChI is InChI=1S/C32H58N4O4/c1-5-9-13-21-35(22-14-10-6-2)25-27-39-31(37)33-29-17-19-30(20-18-29)34-32(38)40-28-26-36(23-15-11-7-3)24-16-12-8-4/h17-20H,5-16,21-28H2,1-4H3,(H,33,37)(H,34,38). The van der Waals surface area contributed by atoms with E-state index in [4.69, 9.17) is 9.47 Å². The smallest absolute Gasteiger partial charge is 0.411 e. The van der Waals surface area contributed by atoms with Gasteiger partial charge in [0.1, 0.15) is 13.2 Å². The zero-order valence-electron chi connectivity index (χ0n) is 26.0. The molecule has 40 heavy (non-hydrogen) atoms. The minimum Gasteiger partial charge on any atom is -0.448 e. The number of unbranched alkanes of at least 4 members (excludes halogenated alkanes) is 8. The Hall–Kier alpha value is -2.32. The highest BCUT2D eigenvalue weighted by molar-refractivity contribution is 5.87. The van der Waals surface area contributed by atoms with E-state index in [1.165, 1.54) is 77.0 Å². The van der Waals surface area contributed by atoms with Crippen molar-refractivity contribution in [3.05, 3.63) is 24.3 Å². The van der Waals surface area contributed by atoms with Gasteiger partial charge < -0.3 is 9.47 Å². The number of anilines is 2. The van der Waals surface area contributed by atoms with Gasteiger partial charge in [-0.15, -0.1) is 0 Å². The number of carbonyl (C=O) groups excluding carboxylic acids is 2. The van der Waals surface area contributed by atoms with Gasteiger partial charge in [0.25, 0.3) is 0 Å². The zero-order valence-corrected chi connectivity index (χ0v) is 26.0. The quantitative estimate of drug-likeness (QED) is 0.124. The minimum absolute atomic E-state index is 0.365. The first kappa shape index (κ1) is 35.7. The van der Waals surface area contributed by atoms with Gasteiger partial charge >= 0.3 is 12.2 Å². The number of carbonyl (C=O) groups is 2. The lowest BCUT2D eigenvalue weighted by atomic mass is 10.2. The van der Waals surface area contributed by atoms with Crippen LogP contribution in [0.2, 0.25) is 0 Å². The summed E-state index contributed by atoms with van der Waals surface area (Å²) >= 11 is 0. The van der Waals surface area contributed by atoms with Gasteiger partial charge in [0.05, 0.1) is 0 Å². The molecular formula is C32H58N4O4. The molecule has 0 aliphatic carbocycles. The molecule has 8 nitrogen and oxygen atoms in total. The van der Waals surface area contributed by atoms with Crippen LogP contribution in [-0.2, 0) is 9.47 Å². The SMILES string of the molecule is CCCCCN(CCCCC)CCOC(=O)Nc1ccc(NC(=O)OCCN(CCCCC)CCCCC)cc1. The van der Waals surface area contributed by atoms with Gasteiger partial charge in [0, 0.05) is 24.5 Å². The molecule has 2 amide bonds. The van der Waals surface area contributed by atoms with Crippen molar-refractivity contribution < 1.29 is 19.1 Å². The second-order valence-electron chi connectivity index (χ2n) is 10.6. The third-order valence-corrected chi connectivity index (χ3v) is 6.97. The maximum atomic E-state index is 12.3. The van der Waals surface area contributed by atoms with Gasteiger partial charge in [0.15, 0.2) is 0 Å². The molecule has 0 aliphatic heterocycles. The average Bonchev–Trinajstić information content (AvgIpc) is 2.94. The molecule has 0 fully saturated rings. The number of nitrogens with one attached hydrogen (secondary N) is 2. The molecule has 0 bridgehead atoms. The number of rotatable bonds is 24. The fourth-order valence-electron chi connectivity index (χ4n) is 4.49. The second-order valence-corrected chi connectivity index (χ2v) is 10.6. The predicted molar refractivity (Wildman–Crippen MR) is 167 cm³/mol. The Kier molecular flexibility index (Phi) is 21.8. The fraction of sp³-hybridized carbons (Fsp3) is 0.750. The number of ether oxygens (including phenoxy) is 2. The molecule has 0 unspecified atom stereocenters. The molecule has 1 rings (SSSR count). The maximum Gasteiger partial charge on any atom is 0.411 e. The largest absolute Gasteiger partial charge is 0.448 e. The Labute approximate surface area is 244 Å².